The third-order valence-electron chi connectivity index (χ3n) is 3.32. The molecular formula is C18H20N2O4. The van der Waals surface area contributed by atoms with Crippen LogP contribution in [-0.4, -0.2) is 23.4 Å². The lowest BCUT2D eigenvalue weighted by Crippen LogP contribution is -1.96. The summed E-state index contributed by atoms with van der Waals surface area (Å²) in [4.78, 5) is 4.23. The monoisotopic (exact) mass is 328 g/mol. The van der Waals surface area contributed by atoms with Crippen molar-refractivity contribution in [3.05, 3.63) is 41.8 Å². The highest BCUT2D eigenvalue weighted by Crippen LogP contribution is 2.25. The highest BCUT2D eigenvalue weighted by molar-refractivity contribution is 5.74. The number of aryl methyl sites for hydroxylation is 1. The van der Waals surface area contributed by atoms with Crippen LogP contribution in [0.15, 0.2) is 39.3 Å². The van der Waals surface area contributed by atoms with E-state index in [1.165, 1.54) is 0 Å². The van der Waals surface area contributed by atoms with Crippen LogP contribution in [0.5, 0.6) is 11.8 Å². The topological polar surface area (TPSA) is 70.5 Å². The molecule has 0 saturated heterocycles. The third-order valence-corrected chi connectivity index (χ3v) is 3.32. The van der Waals surface area contributed by atoms with E-state index in [2.05, 4.69) is 16.2 Å². The molecule has 0 aliphatic rings. The number of hydrogen-bond acceptors (Lipinski definition) is 6. The minimum Gasteiger partial charge on any atom is -0.493 e. The van der Waals surface area contributed by atoms with Crippen molar-refractivity contribution in [2.75, 3.05) is 13.2 Å². The number of rotatable bonds is 8. The molecule has 0 atom stereocenters. The van der Waals surface area contributed by atoms with Crippen molar-refractivity contribution in [2.24, 2.45) is 0 Å². The van der Waals surface area contributed by atoms with E-state index in [1.807, 2.05) is 44.2 Å². The number of unbranched alkanes of at least 4 members (excludes halogenated alkanes) is 1. The van der Waals surface area contributed by atoms with Gasteiger partial charge in [0.25, 0.3) is 0 Å². The quantitative estimate of drug-likeness (QED) is 0.571. The Morgan fingerprint density at radius 1 is 1.21 bits per heavy atom. The van der Waals surface area contributed by atoms with Gasteiger partial charge in [-0.15, -0.1) is 0 Å². The number of allylic oxidation sites excluding steroid dienone is 1. The van der Waals surface area contributed by atoms with Gasteiger partial charge in [-0.25, -0.2) is 0 Å². The molecule has 0 N–H and O–H groups in total. The Hall–Kier alpha value is -2.76. The van der Waals surface area contributed by atoms with E-state index in [-0.39, 0.29) is 6.08 Å². The molecule has 24 heavy (non-hydrogen) atoms. The molecule has 0 bridgehead atoms. The normalized spacial score (nSPS) is 11.4. The lowest BCUT2D eigenvalue weighted by Gasteiger charge is -2.04. The van der Waals surface area contributed by atoms with Gasteiger partial charge in [-0.3, -0.25) is 0 Å². The van der Waals surface area contributed by atoms with Crippen LogP contribution < -0.4 is 9.47 Å². The smallest absolute Gasteiger partial charge is 0.394 e. The summed E-state index contributed by atoms with van der Waals surface area (Å²) >= 11 is 0. The summed E-state index contributed by atoms with van der Waals surface area (Å²) < 4.78 is 21.6. The minimum absolute atomic E-state index is 0.289. The van der Waals surface area contributed by atoms with Crippen LogP contribution >= 0.6 is 0 Å². The summed E-state index contributed by atoms with van der Waals surface area (Å²) in [7, 11) is 0. The van der Waals surface area contributed by atoms with Gasteiger partial charge in [0.2, 0.25) is 0 Å². The largest absolute Gasteiger partial charge is 0.493 e. The van der Waals surface area contributed by atoms with Crippen LogP contribution in [0.3, 0.4) is 0 Å². The van der Waals surface area contributed by atoms with E-state index in [0.717, 1.165) is 35.6 Å². The van der Waals surface area contributed by atoms with Gasteiger partial charge < -0.3 is 18.4 Å². The van der Waals surface area contributed by atoms with Crippen LogP contribution in [-0.2, 0) is 0 Å². The molecule has 3 rings (SSSR count). The molecule has 6 nitrogen and oxygen atoms in total. The van der Waals surface area contributed by atoms with Crippen molar-refractivity contribution in [3.63, 3.8) is 0 Å². The Labute approximate surface area is 140 Å². The number of aromatic nitrogens is 2. The zero-order valence-electron chi connectivity index (χ0n) is 13.8. The van der Waals surface area contributed by atoms with Gasteiger partial charge >= 0.3 is 6.08 Å². The molecule has 0 saturated carbocycles. The Kier molecular flexibility index (Phi) is 5.15. The van der Waals surface area contributed by atoms with Gasteiger partial charge in [0.05, 0.1) is 18.9 Å². The summed E-state index contributed by atoms with van der Waals surface area (Å²) in [5.41, 5.74) is 2.31. The van der Waals surface area contributed by atoms with Crippen molar-refractivity contribution >= 4 is 17.2 Å². The van der Waals surface area contributed by atoms with Crippen molar-refractivity contribution < 1.29 is 18.4 Å². The molecule has 0 aliphatic heterocycles. The molecule has 126 valence electrons. The molecular weight excluding hydrogens is 308 g/mol. The lowest BCUT2D eigenvalue weighted by atomic mass is 10.2. The maximum absolute atomic E-state index is 5.74. The standard InChI is InChI=1S/C18H20N2O4/c1-3-21-18-19-16-9-8-14(12-17(16)23-18)22-10-6-4-5-7-15-11-13(2)20-24-15/h5,7-9,11-12H,3-4,6,10H2,1-2H3/b7-5+. The molecule has 0 unspecified atom stereocenters. The predicted octanol–water partition coefficient (Wildman–Crippen LogP) is 4.40. The van der Waals surface area contributed by atoms with Crippen molar-refractivity contribution in [1.29, 1.82) is 0 Å². The Morgan fingerprint density at radius 3 is 2.92 bits per heavy atom. The number of fused-ring (bicyclic) bond motifs is 1. The van der Waals surface area contributed by atoms with Crippen LogP contribution in [0.25, 0.3) is 17.2 Å². The summed E-state index contributed by atoms with van der Waals surface area (Å²) in [5, 5.41) is 3.84. The van der Waals surface area contributed by atoms with Crippen molar-refractivity contribution in [1.82, 2.24) is 10.1 Å². The molecule has 0 radical (unpaired) electrons. The van der Waals surface area contributed by atoms with E-state index in [1.54, 1.807) is 0 Å². The Morgan fingerprint density at radius 2 is 2.12 bits per heavy atom. The van der Waals surface area contributed by atoms with E-state index >= 15 is 0 Å². The highest BCUT2D eigenvalue weighted by Gasteiger charge is 2.07. The van der Waals surface area contributed by atoms with Gasteiger partial charge in [0.15, 0.2) is 11.3 Å². The predicted molar refractivity (Wildman–Crippen MR) is 90.2 cm³/mol. The van der Waals surface area contributed by atoms with E-state index in [0.29, 0.717) is 18.8 Å². The number of ether oxygens (including phenoxy) is 2. The fraction of sp³-hybridized carbons (Fsp3) is 0.333. The molecule has 6 heteroatoms. The van der Waals surface area contributed by atoms with Crippen LogP contribution in [0, 0.1) is 6.92 Å². The average molecular weight is 328 g/mol. The number of benzene rings is 1. The summed E-state index contributed by atoms with van der Waals surface area (Å²) in [6.07, 6.45) is 6.08. The zero-order chi connectivity index (χ0) is 16.8. The minimum atomic E-state index is 0.289. The number of nitrogens with zero attached hydrogens (tertiary/aromatic N) is 2. The molecule has 2 heterocycles. The first-order chi connectivity index (χ1) is 11.7. The fourth-order valence-electron chi connectivity index (χ4n) is 2.21. The van der Waals surface area contributed by atoms with Gasteiger partial charge in [0, 0.05) is 12.1 Å². The first kappa shape index (κ1) is 16.1. The third kappa shape index (κ3) is 4.16. The second kappa shape index (κ2) is 7.68. The van der Waals surface area contributed by atoms with Gasteiger partial charge in [-0.2, -0.15) is 4.98 Å². The summed E-state index contributed by atoms with van der Waals surface area (Å²) in [6.45, 7) is 4.94. The van der Waals surface area contributed by atoms with Gasteiger partial charge in [0.1, 0.15) is 11.3 Å². The van der Waals surface area contributed by atoms with E-state index < -0.39 is 0 Å². The second-order valence-corrected chi connectivity index (χ2v) is 5.31. The average Bonchev–Trinajstić information content (AvgIpc) is 3.16. The first-order valence-electron chi connectivity index (χ1n) is 8.00. The highest BCUT2D eigenvalue weighted by atomic mass is 16.6. The van der Waals surface area contributed by atoms with Crippen LogP contribution in [0.2, 0.25) is 0 Å². The van der Waals surface area contributed by atoms with Crippen LogP contribution in [0.1, 0.15) is 31.2 Å². The zero-order valence-corrected chi connectivity index (χ0v) is 13.8. The van der Waals surface area contributed by atoms with Crippen molar-refractivity contribution in [3.8, 4) is 11.8 Å². The SMILES string of the molecule is CCOc1nc2ccc(OCCC/C=C/c3cc(C)no3)cc2o1. The molecule has 0 amide bonds. The van der Waals surface area contributed by atoms with E-state index in [4.69, 9.17) is 18.4 Å². The number of oxazole rings is 1. The number of hydrogen-bond donors (Lipinski definition) is 0. The maximum atomic E-state index is 5.74. The molecule has 0 spiro atoms. The maximum Gasteiger partial charge on any atom is 0.394 e. The first-order valence-corrected chi connectivity index (χ1v) is 8.00. The lowest BCUT2D eigenvalue weighted by molar-refractivity contribution is 0.251. The summed E-state index contributed by atoms with van der Waals surface area (Å²) in [5.74, 6) is 1.53. The second-order valence-electron chi connectivity index (χ2n) is 5.31. The summed E-state index contributed by atoms with van der Waals surface area (Å²) in [6, 6.07) is 7.48. The molecule has 1 aromatic carbocycles. The van der Waals surface area contributed by atoms with Crippen LogP contribution in [0.4, 0.5) is 0 Å². The van der Waals surface area contributed by atoms with Gasteiger partial charge in [-0.05, 0) is 44.9 Å². The Bertz CT molecular complexity index is 819. The molecule has 3 aromatic rings. The van der Waals surface area contributed by atoms with E-state index in [9.17, 15) is 0 Å². The molecule has 0 aliphatic carbocycles. The van der Waals surface area contributed by atoms with Crippen molar-refractivity contribution in [2.45, 2.75) is 26.7 Å². The molecule has 2 aromatic heterocycles. The fourth-order valence-corrected chi connectivity index (χ4v) is 2.21. The Balaban J connectivity index is 1.46. The van der Waals surface area contributed by atoms with Gasteiger partial charge in [-0.1, -0.05) is 11.2 Å². The molecule has 0 fully saturated rings.